The van der Waals surface area contributed by atoms with E-state index in [1.165, 1.54) is 25.5 Å². The molecule has 9 heteroatoms. The SMILES string of the molecule is CNC(=O)C1COCCN1S(=O)(=O)c1cncc(Br)c1. The van der Waals surface area contributed by atoms with E-state index in [1.807, 2.05) is 0 Å². The maximum Gasteiger partial charge on any atom is 0.245 e. The number of ether oxygens (including phenoxy) is 1. The van der Waals surface area contributed by atoms with Gasteiger partial charge in [-0.2, -0.15) is 4.31 Å². The molecule has 1 aromatic heterocycles. The van der Waals surface area contributed by atoms with Crippen molar-refractivity contribution >= 4 is 31.9 Å². The van der Waals surface area contributed by atoms with E-state index in [0.29, 0.717) is 4.47 Å². The largest absolute Gasteiger partial charge is 0.378 e. The molecule has 110 valence electrons. The number of carbonyl (C=O) groups is 1. The Bertz CT molecular complexity index is 607. The van der Waals surface area contributed by atoms with Crippen molar-refractivity contribution in [1.82, 2.24) is 14.6 Å². The number of hydrogen-bond donors (Lipinski definition) is 1. The van der Waals surface area contributed by atoms with Gasteiger partial charge in [0.05, 0.1) is 13.2 Å². The third-order valence-corrected chi connectivity index (χ3v) is 5.22. The zero-order chi connectivity index (χ0) is 14.8. The molecule has 0 bridgehead atoms. The van der Waals surface area contributed by atoms with E-state index in [2.05, 4.69) is 26.2 Å². The number of hydrogen-bond acceptors (Lipinski definition) is 5. The molecule has 0 radical (unpaired) electrons. The van der Waals surface area contributed by atoms with Crippen molar-refractivity contribution in [1.29, 1.82) is 0 Å². The van der Waals surface area contributed by atoms with E-state index in [9.17, 15) is 13.2 Å². The van der Waals surface area contributed by atoms with Gasteiger partial charge in [0.2, 0.25) is 15.9 Å². The fraction of sp³-hybridized carbons (Fsp3) is 0.455. The molecule has 2 heterocycles. The molecule has 1 fully saturated rings. The fourth-order valence-corrected chi connectivity index (χ4v) is 3.98. The minimum atomic E-state index is -3.79. The number of rotatable bonds is 3. The number of aromatic nitrogens is 1. The minimum absolute atomic E-state index is 0.0420. The van der Waals surface area contributed by atoms with Crippen molar-refractivity contribution in [3.8, 4) is 0 Å². The molecule has 1 atom stereocenters. The highest BCUT2D eigenvalue weighted by Gasteiger charge is 2.38. The lowest BCUT2D eigenvalue weighted by atomic mass is 10.2. The van der Waals surface area contributed by atoms with Gasteiger partial charge in [-0.25, -0.2) is 8.42 Å². The Balaban J connectivity index is 2.38. The van der Waals surface area contributed by atoms with Gasteiger partial charge in [-0.1, -0.05) is 0 Å². The molecule has 1 amide bonds. The molecular weight excluding hydrogens is 350 g/mol. The predicted octanol–water partition coefficient (Wildman–Crippen LogP) is -0.0204. The third-order valence-electron chi connectivity index (χ3n) is 2.91. The van der Waals surface area contributed by atoms with Gasteiger partial charge in [-0.3, -0.25) is 9.78 Å². The number of nitrogens with one attached hydrogen (secondary N) is 1. The van der Waals surface area contributed by atoms with E-state index in [1.54, 1.807) is 0 Å². The quantitative estimate of drug-likeness (QED) is 0.815. The molecule has 0 aliphatic carbocycles. The average molecular weight is 364 g/mol. The highest BCUT2D eigenvalue weighted by molar-refractivity contribution is 9.10. The normalized spacial score (nSPS) is 20.6. The van der Waals surface area contributed by atoms with Crippen LogP contribution >= 0.6 is 15.9 Å². The van der Waals surface area contributed by atoms with Crippen molar-refractivity contribution in [2.45, 2.75) is 10.9 Å². The van der Waals surface area contributed by atoms with Crippen LogP contribution in [0.25, 0.3) is 0 Å². The van der Waals surface area contributed by atoms with Crippen LogP contribution in [0.15, 0.2) is 27.8 Å². The molecule has 1 aromatic rings. The molecule has 2 rings (SSSR count). The van der Waals surface area contributed by atoms with Gasteiger partial charge in [-0.15, -0.1) is 0 Å². The first-order valence-corrected chi connectivity index (χ1v) is 8.12. The summed E-state index contributed by atoms with van der Waals surface area (Å²) in [7, 11) is -2.33. The molecule has 1 unspecified atom stereocenters. The second-order valence-corrected chi connectivity index (χ2v) is 6.97. The van der Waals surface area contributed by atoms with E-state index in [-0.39, 0.29) is 24.7 Å². The summed E-state index contributed by atoms with van der Waals surface area (Å²) in [5, 5.41) is 2.45. The summed E-state index contributed by atoms with van der Waals surface area (Å²) in [5.74, 6) is -0.392. The third kappa shape index (κ3) is 3.00. The van der Waals surface area contributed by atoms with Crippen LogP contribution in [0, 0.1) is 0 Å². The number of pyridine rings is 1. The Morgan fingerprint density at radius 3 is 2.95 bits per heavy atom. The molecule has 20 heavy (non-hydrogen) atoms. The minimum Gasteiger partial charge on any atom is -0.378 e. The second kappa shape index (κ2) is 6.17. The van der Waals surface area contributed by atoms with E-state index in [0.717, 1.165) is 4.31 Å². The van der Waals surface area contributed by atoms with Gasteiger partial charge in [0.1, 0.15) is 10.9 Å². The van der Waals surface area contributed by atoms with Gasteiger partial charge in [-0.05, 0) is 22.0 Å². The van der Waals surface area contributed by atoms with Gasteiger partial charge < -0.3 is 10.1 Å². The number of halogens is 1. The van der Waals surface area contributed by atoms with Crippen LogP contribution in [0.2, 0.25) is 0 Å². The van der Waals surface area contributed by atoms with Crippen LogP contribution in [-0.2, 0) is 19.6 Å². The predicted molar refractivity (Wildman–Crippen MR) is 74.5 cm³/mol. The molecule has 1 aliphatic rings. The summed E-state index contributed by atoms with van der Waals surface area (Å²) in [5.41, 5.74) is 0. The topological polar surface area (TPSA) is 88.6 Å². The zero-order valence-corrected chi connectivity index (χ0v) is 13.1. The lowest BCUT2D eigenvalue weighted by Crippen LogP contribution is -2.55. The number of nitrogens with zero attached hydrogens (tertiary/aromatic N) is 2. The van der Waals surface area contributed by atoms with Crippen LogP contribution in [0.1, 0.15) is 0 Å². The van der Waals surface area contributed by atoms with Crippen molar-refractivity contribution in [2.24, 2.45) is 0 Å². The Hall–Kier alpha value is -1.03. The standard InChI is InChI=1S/C11H14BrN3O4S/c1-13-11(16)10-7-19-3-2-15(10)20(17,18)9-4-8(12)5-14-6-9/h4-6,10H,2-3,7H2,1H3,(H,13,16). The molecule has 1 saturated heterocycles. The van der Waals surface area contributed by atoms with Crippen LogP contribution in [0.3, 0.4) is 0 Å². The molecule has 0 spiro atoms. The summed E-state index contributed by atoms with van der Waals surface area (Å²) in [6.07, 6.45) is 2.75. The number of carbonyl (C=O) groups excluding carboxylic acids is 1. The molecule has 7 nitrogen and oxygen atoms in total. The first-order valence-electron chi connectivity index (χ1n) is 5.88. The van der Waals surface area contributed by atoms with Crippen LogP contribution in [0.5, 0.6) is 0 Å². The maximum atomic E-state index is 12.6. The van der Waals surface area contributed by atoms with Crippen molar-refractivity contribution in [3.05, 3.63) is 22.9 Å². The van der Waals surface area contributed by atoms with Crippen molar-refractivity contribution in [2.75, 3.05) is 26.8 Å². The fourth-order valence-electron chi connectivity index (χ4n) is 1.92. The molecule has 1 N–H and O–H groups in total. The summed E-state index contributed by atoms with van der Waals surface area (Å²) >= 11 is 3.19. The number of amides is 1. The highest BCUT2D eigenvalue weighted by Crippen LogP contribution is 2.22. The monoisotopic (exact) mass is 363 g/mol. The second-order valence-electron chi connectivity index (χ2n) is 4.16. The summed E-state index contributed by atoms with van der Waals surface area (Å²) in [6.45, 7) is 0.432. The van der Waals surface area contributed by atoms with Gasteiger partial charge in [0, 0.05) is 30.5 Å². The van der Waals surface area contributed by atoms with Crippen LogP contribution in [0.4, 0.5) is 0 Å². The first-order chi connectivity index (χ1) is 9.46. The van der Waals surface area contributed by atoms with Crippen molar-refractivity contribution < 1.29 is 17.9 Å². The van der Waals surface area contributed by atoms with Gasteiger partial charge in [0.25, 0.3) is 0 Å². The maximum absolute atomic E-state index is 12.6. The smallest absolute Gasteiger partial charge is 0.245 e. The highest BCUT2D eigenvalue weighted by atomic mass is 79.9. The average Bonchev–Trinajstić information content (AvgIpc) is 2.46. The van der Waals surface area contributed by atoms with E-state index >= 15 is 0 Å². The molecule has 0 saturated carbocycles. The van der Waals surface area contributed by atoms with Crippen LogP contribution in [-0.4, -0.2) is 56.5 Å². The summed E-state index contributed by atoms with van der Waals surface area (Å²) < 4.78 is 32.1. The number of morpholine rings is 1. The Morgan fingerprint density at radius 1 is 1.55 bits per heavy atom. The number of sulfonamides is 1. The number of likely N-dealkylation sites (N-methyl/N-ethyl adjacent to an activating group) is 1. The summed E-state index contributed by atoms with van der Waals surface area (Å²) in [4.78, 5) is 15.7. The van der Waals surface area contributed by atoms with E-state index < -0.39 is 22.0 Å². The molecule has 1 aliphatic heterocycles. The van der Waals surface area contributed by atoms with Gasteiger partial charge in [0.15, 0.2) is 0 Å². The van der Waals surface area contributed by atoms with Crippen LogP contribution < -0.4 is 5.32 Å². The first kappa shape index (κ1) is 15.4. The Morgan fingerprint density at radius 2 is 2.30 bits per heavy atom. The van der Waals surface area contributed by atoms with Gasteiger partial charge >= 0.3 is 0 Å². The lowest BCUT2D eigenvalue weighted by Gasteiger charge is -2.33. The van der Waals surface area contributed by atoms with Crippen molar-refractivity contribution in [3.63, 3.8) is 0 Å². The molecule has 0 aromatic carbocycles. The summed E-state index contributed by atoms with van der Waals surface area (Å²) in [6, 6.07) is 0.594. The van der Waals surface area contributed by atoms with E-state index in [4.69, 9.17) is 4.74 Å². The molecular formula is C11H14BrN3O4S. The lowest BCUT2D eigenvalue weighted by molar-refractivity contribution is -0.128. The Labute approximate surface area is 125 Å². The Kier molecular flexibility index (Phi) is 4.74. The zero-order valence-electron chi connectivity index (χ0n) is 10.7.